The lowest BCUT2D eigenvalue weighted by Gasteiger charge is -2.20. The highest BCUT2D eigenvalue weighted by atomic mass is 16.6. The molecule has 1 unspecified atom stereocenters. The van der Waals surface area contributed by atoms with E-state index < -0.39 is 0 Å². The summed E-state index contributed by atoms with van der Waals surface area (Å²) < 4.78 is 2.36. The summed E-state index contributed by atoms with van der Waals surface area (Å²) in [4.78, 5) is 13.0. The van der Waals surface area contributed by atoms with Crippen molar-refractivity contribution in [2.45, 2.75) is 31.8 Å². The number of nitro benzene ring substituents is 1. The lowest BCUT2D eigenvalue weighted by molar-refractivity contribution is -0.384. The number of hydrogen-bond acceptors (Lipinski definition) is 3. The Morgan fingerprint density at radius 2 is 1.92 bits per heavy atom. The number of nitro groups is 1. The van der Waals surface area contributed by atoms with Gasteiger partial charge in [0.1, 0.15) is 0 Å². The first-order valence-corrected chi connectivity index (χ1v) is 9.17. The topological polar surface area (TPSA) is 51.3 Å². The highest BCUT2D eigenvalue weighted by Crippen LogP contribution is 2.30. The van der Waals surface area contributed by atoms with Gasteiger partial charge in [-0.05, 0) is 62.7 Å². The van der Waals surface area contributed by atoms with Gasteiger partial charge in [-0.25, -0.2) is 0 Å². The zero-order valence-corrected chi connectivity index (χ0v) is 15.0. The van der Waals surface area contributed by atoms with Gasteiger partial charge in [0, 0.05) is 41.3 Å². The molecule has 2 heterocycles. The van der Waals surface area contributed by atoms with E-state index in [0.717, 1.165) is 24.2 Å². The maximum Gasteiger partial charge on any atom is 0.269 e. The lowest BCUT2D eigenvalue weighted by atomic mass is 10.1. The molecule has 2 aromatic carbocycles. The van der Waals surface area contributed by atoms with Crippen molar-refractivity contribution >= 4 is 16.6 Å². The molecule has 5 heteroatoms. The van der Waals surface area contributed by atoms with E-state index in [9.17, 15) is 10.1 Å². The van der Waals surface area contributed by atoms with Crippen LogP contribution in [0, 0.1) is 10.1 Å². The molecule has 3 aromatic rings. The van der Waals surface area contributed by atoms with E-state index in [4.69, 9.17) is 0 Å². The Morgan fingerprint density at radius 3 is 2.62 bits per heavy atom. The van der Waals surface area contributed by atoms with Crippen LogP contribution in [-0.4, -0.2) is 34.0 Å². The van der Waals surface area contributed by atoms with Crippen LogP contribution in [0.15, 0.2) is 54.6 Å². The number of likely N-dealkylation sites (tertiary alicyclic amines) is 1. The predicted molar refractivity (Wildman–Crippen MR) is 104 cm³/mol. The molecule has 1 atom stereocenters. The van der Waals surface area contributed by atoms with E-state index in [0.29, 0.717) is 6.04 Å². The molecule has 1 aliphatic heterocycles. The van der Waals surface area contributed by atoms with Gasteiger partial charge in [-0.15, -0.1) is 0 Å². The molecule has 1 saturated heterocycles. The Labute approximate surface area is 153 Å². The number of para-hydroxylation sites is 1. The van der Waals surface area contributed by atoms with Gasteiger partial charge in [0.2, 0.25) is 0 Å². The van der Waals surface area contributed by atoms with Crippen LogP contribution in [0.25, 0.3) is 22.2 Å². The van der Waals surface area contributed by atoms with Crippen molar-refractivity contribution in [3.8, 4) is 11.3 Å². The van der Waals surface area contributed by atoms with E-state index in [1.165, 1.54) is 30.3 Å². The van der Waals surface area contributed by atoms with Gasteiger partial charge < -0.3 is 9.47 Å². The molecule has 0 aliphatic carbocycles. The first-order valence-electron chi connectivity index (χ1n) is 9.17. The fraction of sp³-hybridized carbons (Fsp3) is 0.333. The van der Waals surface area contributed by atoms with Crippen molar-refractivity contribution in [1.82, 2.24) is 9.47 Å². The van der Waals surface area contributed by atoms with Crippen LogP contribution < -0.4 is 0 Å². The molecule has 26 heavy (non-hydrogen) atoms. The number of nitrogens with zero attached hydrogens (tertiary/aromatic N) is 3. The van der Waals surface area contributed by atoms with Gasteiger partial charge in [-0.1, -0.05) is 18.2 Å². The Morgan fingerprint density at radius 1 is 1.15 bits per heavy atom. The minimum absolute atomic E-state index is 0.129. The third-order valence-electron chi connectivity index (χ3n) is 5.54. The summed E-state index contributed by atoms with van der Waals surface area (Å²) in [6.07, 6.45) is 3.67. The summed E-state index contributed by atoms with van der Waals surface area (Å²) in [6.45, 7) is 2.14. The van der Waals surface area contributed by atoms with Crippen LogP contribution in [0.1, 0.15) is 19.3 Å². The summed E-state index contributed by atoms with van der Waals surface area (Å²) in [5.41, 5.74) is 3.50. The van der Waals surface area contributed by atoms with Crippen molar-refractivity contribution in [2.24, 2.45) is 0 Å². The van der Waals surface area contributed by atoms with Crippen LogP contribution in [0.2, 0.25) is 0 Å². The Balaban J connectivity index is 1.70. The molecule has 134 valence electrons. The monoisotopic (exact) mass is 349 g/mol. The molecule has 0 saturated carbocycles. The summed E-state index contributed by atoms with van der Waals surface area (Å²) in [7, 11) is 2.21. The standard InChI is InChI=1S/C21H23N3O2/c1-22-13-4-6-18(22)12-14-23-20-7-3-2-5-17(20)15-21(23)16-8-10-19(11-9-16)24(25)26/h2-3,5,7-11,15,18H,4,6,12-14H2,1H3. The van der Waals surface area contributed by atoms with Crippen LogP contribution in [-0.2, 0) is 6.54 Å². The number of non-ortho nitro benzene ring substituents is 1. The van der Waals surface area contributed by atoms with E-state index in [-0.39, 0.29) is 10.6 Å². The molecule has 1 aromatic heterocycles. The van der Waals surface area contributed by atoms with Gasteiger partial charge in [0.05, 0.1) is 4.92 Å². The summed E-state index contributed by atoms with van der Waals surface area (Å²) in [5, 5.41) is 12.1. The fourth-order valence-electron chi connectivity index (χ4n) is 4.07. The van der Waals surface area contributed by atoms with Gasteiger partial charge >= 0.3 is 0 Å². The van der Waals surface area contributed by atoms with Gasteiger partial charge in [0.25, 0.3) is 5.69 Å². The fourth-order valence-corrected chi connectivity index (χ4v) is 4.07. The predicted octanol–water partition coefficient (Wildman–Crippen LogP) is 4.70. The summed E-state index contributed by atoms with van der Waals surface area (Å²) in [5.74, 6) is 0. The molecule has 0 radical (unpaired) electrons. The molecule has 0 amide bonds. The van der Waals surface area contributed by atoms with Crippen LogP contribution >= 0.6 is 0 Å². The zero-order chi connectivity index (χ0) is 18.1. The SMILES string of the molecule is CN1CCCC1CCn1c(-c2ccc([N+](=O)[O-])cc2)cc2ccccc21. The average molecular weight is 349 g/mol. The van der Waals surface area contributed by atoms with Crippen LogP contribution in [0.3, 0.4) is 0 Å². The second-order valence-corrected chi connectivity index (χ2v) is 7.11. The highest BCUT2D eigenvalue weighted by molar-refractivity contribution is 5.87. The lowest BCUT2D eigenvalue weighted by Crippen LogP contribution is -2.26. The van der Waals surface area contributed by atoms with Gasteiger partial charge in [0.15, 0.2) is 0 Å². The number of fused-ring (bicyclic) bond motifs is 1. The zero-order valence-electron chi connectivity index (χ0n) is 15.0. The number of benzene rings is 2. The van der Waals surface area contributed by atoms with E-state index in [2.05, 4.69) is 46.8 Å². The van der Waals surface area contributed by atoms with E-state index in [1.807, 2.05) is 12.1 Å². The maximum absolute atomic E-state index is 10.9. The van der Waals surface area contributed by atoms with Crippen LogP contribution in [0.4, 0.5) is 5.69 Å². The molecule has 0 spiro atoms. The van der Waals surface area contributed by atoms with Crippen molar-refractivity contribution < 1.29 is 4.92 Å². The number of aryl methyl sites for hydroxylation is 1. The largest absolute Gasteiger partial charge is 0.340 e. The first kappa shape index (κ1) is 16.8. The molecular weight excluding hydrogens is 326 g/mol. The smallest absolute Gasteiger partial charge is 0.269 e. The maximum atomic E-state index is 10.9. The molecular formula is C21H23N3O2. The summed E-state index contributed by atoms with van der Waals surface area (Å²) in [6, 6.07) is 18.1. The van der Waals surface area contributed by atoms with Crippen molar-refractivity contribution in [1.29, 1.82) is 0 Å². The number of aromatic nitrogens is 1. The number of hydrogen-bond donors (Lipinski definition) is 0. The second-order valence-electron chi connectivity index (χ2n) is 7.11. The average Bonchev–Trinajstić information content (AvgIpc) is 3.23. The number of rotatable bonds is 5. The van der Waals surface area contributed by atoms with Crippen molar-refractivity contribution in [3.63, 3.8) is 0 Å². The molecule has 0 bridgehead atoms. The van der Waals surface area contributed by atoms with Crippen LogP contribution in [0.5, 0.6) is 0 Å². The van der Waals surface area contributed by atoms with Crippen molar-refractivity contribution in [3.05, 3.63) is 64.7 Å². The highest BCUT2D eigenvalue weighted by Gasteiger charge is 2.21. The molecule has 4 rings (SSSR count). The first-order chi connectivity index (χ1) is 12.6. The normalized spacial score (nSPS) is 17.8. The van der Waals surface area contributed by atoms with E-state index in [1.54, 1.807) is 12.1 Å². The molecule has 1 fully saturated rings. The summed E-state index contributed by atoms with van der Waals surface area (Å²) >= 11 is 0. The third-order valence-corrected chi connectivity index (χ3v) is 5.54. The Hall–Kier alpha value is -2.66. The Kier molecular flexibility index (Phi) is 4.47. The van der Waals surface area contributed by atoms with Crippen molar-refractivity contribution in [2.75, 3.05) is 13.6 Å². The molecule has 5 nitrogen and oxygen atoms in total. The van der Waals surface area contributed by atoms with E-state index >= 15 is 0 Å². The quantitative estimate of drug-likeness (QED) is 0.495. The molecule has 1 aliphatic rings. The van der Waals surface area contributed by atoms with Gasteiger partial charge in [-0.3, -0.25) is 10.1 Å². The minimum atomic E-state index is -0.352. The minimum Gasteiger partial charge on any atom is -0.340 e. The molecule has 0 N–H and O–H groups in total. The second kappa shape index (κ2) is 6.92. The third kappa shape index (κ3) is 3.10. The van der Waals surface area contributed by atoms with Gasteiger partial charge in [-0.2, -0.15) is 0 Å². The Bertz CT molecular complexity index is 930.